The summed E-state index contributed by atoms with van der Waals surface area (Å²) in [6.45, 7) is 2.60. The van der Waals surface area contributed by atoms with Crippen LogP contribution >= 0.6 is 24.0 Å². The molecular weight excluding hydrogens is 358 g/mol. The molecule has 7 heteroatoms. The van der Waals surface area contributed by atoms with Crippen molar-refractivity contribution >= 4 is 46.3 Å². The Morgan fingerprint density at radius 2 is 2.16 bits per heavy atom. The summed E-state index contributed by atoms with van der Waals surface area (Å²) in [5.74, 6) is -0.0398. The van der Waals surface area contributed by atoms with E-state index in [1.807, 2.05) is 6.92 Å². The zero-order chi connectivity index (χ0) is 18.0. The number of furan rings is 1. The predicted molar refractivity (Wildman–Crippen MR) is 101 cm³/mol. The fraction of sp³-hybridized carbons (Fsp3) is 0.167. The lowest BCUT2D eigenvalue weighted by Gasteiger charge is -2.11. The van der Waals surface area contributed by atoms with Crippen molar-refractivity contribution in [2.75, 3.05) is 6.54 Å². The molecule has 1 aromatic heterocycles. The van der Waals surface area contributed by atoms with Crippen LogP contribution in [-0.2, 0) is 4.79 Å². The van der Waals surface area contributed by atoms with Crippen molar-refractivity contribution in [3.63, 3.8) is 0 Å². The molecule has 1 aliphatic rings. The number of carboxylic acid groups (broad SMARTS) is 1. The SMILES string of the molecule is CCCN1C(=O)C(=Cc2ccc(-c3cccc(C(=O)O)c3)o2)SC1=S. The third kappa shape index (κ3) is 3.67. The summed E-state index contributed by atoms with van der Waals surface area (Å²) in [4.78, 5) is 25.5. The second-order valence-electron chi connectivity index (χ2n) is 5.42. The van der Waals surface area contributed by atoms with E-state index in [1.54, 1.807) is 41.3 Å². The fourth-order valence-electron chi connectivity index (χ4n) is 2.44. The van der Waals surface area contributed by atoms with Crippen LogP contribution in [0.2, 0.25) is 0 Å². The number of thiocarbonyl (C=S) groups is 1. The molecule has 0 unspecified atom stereocenters. The first-order chi connectivity index (χ1) is 12.0. The summed E-state index contributed by atoms with van der Waals surface area (Å²) >= 11 is 6.50. The molecule has 1 aliphatic heterocycles. The van der Waals surface area contributed by atoms with Gasteiger partial charge in [0.1, 0.15) is 15.8 Å². The highest BCUT2D eigenvalue weighted by atomic mass is 32.2. The van der Waals surface area contributed by atoms with Crippen molar-refractivity contribution in [3.05, 3.63) is 52.6 Å². The standard InChI is InChI=1S/C18H15NO4S2/c1-2-8-19-16(20)15(25-18(19)24)10-13-6-7-14(23-13)11-4-3-5-12(9-11)17(21)22/h3-7,9-10H,2,8H2,1H3,(H,21,22). The number of hydrogen-bond acceptors (Lipinski definition) is 5. The molecule has 1 N–H and O–H groups in total. The molecule has 1 aromatic carbocycles. The molecule has 0 aliphatic carbocycles. The number of aromatic carboxylic acids is 1. The van der Waals surface area contributed by atoms with E-state index in [2.05, 4.69) is 0 Å². The number of carboxylic acids is 1. The molecule has 0 bridgehead atoms. The lowest BCUT2D eigenvalue weighted by Crippen LogP contribution is -2.28. The smallest absolute Gasteiger partial charge is 0.335 e. The van der Waals surface area contributed by atoms with Gasteiger partial charge in [-0.1, -0.05) is 43.0 Å². The first kappa shape index (κ1) is 17.4. The lowest BCUT2D eigenvalue weighted by molar-refractivity contribution is -0.122. The average molecular weight is 373 g/mol. The van der Waals surface area contributed by atoms with Crippen LogP contribution in [0.25, 0.3) is 17.4 Å². The monoisotopic (exact) mass is 373 g/mol. The zero-order valence-electron chi connectivity index (χ0n) is 13.4. The second-order valence-corrected chi connectivity index (χ2v) is 7.10. The largest absolute Gasteiger partial charge is 0.478 e. The maximum Gasteiger partial charge on any atom is 0.335 e. The summed E-state index contributed by atoms with van der Waals surface area (Å²) in [5.41, 5.74) is 0.856. The molecule has 1 saturated heterocycles. The van der Waals surface area contributed by atoms with Crippen molar-refractivity contribution in [2.45, 2.75) is 13.3 Å². The van der Waals surface area contributed by atoms with Gasteiger partial charge in [0.05, 0.1) is 10.5 Å². The Kier molecular flexibility index (Phi) is 5.06. The number of benzene rings is 1. The number of rotatable bonds is 5. The Bertz CT molecular complexity index is 885. The molecule has 1 amide bonds. The minimum absolute atomic E-state index is 0.109. The van der Waals surface area contributed by atoms with Crippen LogP contribution in [0.5, 0.6) is 0 Å². The molecule has 25 heavy (non-hydrogen) atoms. The predicted octanol–water partition coefficient (Wildman–Crippen LogP) is 4.26. The fourth-order valence-corrected chi connectivity index (χ4v) is 3.73. The maximum absolute atomic E-state index is 12.3. The van der Waals surface area contributed by atoms with Gasteiger partial charge >= 0.3 is 5.97 Å². The van der Waals surface area contributed by atoms with Gasteiger partial charge in [0.25, 0.3) is 5.91 Å². The van der Waals surface area contributed by atoms with Crippen LogP contribution in [0.4, 0.5) is 0 Å². The Balaban J connectivity index is 1.85. The van der Waals surface area contributed by atoms with Gasteiger partial charge in [-0.25, -0.2) is 4.79 Å². The van der Waals surface area contributed by atoms with Gasteiger partial charge in [0.2, 0.25) is 0 Å². The summed E-state index contributed by atoms with van der Waals surface area (Å²) in [6, 6.07) is 10.0. The van der Waals surface area contributed by atoms with Gasteiger partial charge in [0.15, 0.2) is 0 Å². The Morgan fingerprint density at radius 3 is 2.88 bits per heavy atom. The number of thioether (sulfide) groups is 1. The molecule has 2 heterocycles. The van der Waals surface area contributed by atoms with Crippen LogP contribution in [0.3, 0.4) is 0 Å². The van der Waals surface area contributed by atoms with E-state index in [0.717, 1.165) is 6.42 Å². The molecule has 1 fully saturated rings. The molecule has 128 valence electrons. The normalized spacial score (nSPS) is 16.0. The maximum atomic E-state index is 12.3. The number of nitrogens with zero attached hydrogens (tertiary/aromatic N) is 1. The van der Waals surface area contributed by atoms with Gasteiger partial charge in [-0.3, -0.25) is 9.69 Å². The number of hydrogen-bond donors (Lipinski definition) is 1. The van der Waals surface area contributed by atoms with E-state index in [1.165, 1.54) is 17.8 Å². The third-order valence-electron chi connectivity index (χ3n) is 3.61. The van der Waals surface area contributed by atoms with Crippen molar-refractivity contribution < 1.29 is 19.1 Å². The molecule has 0 atom stereocenters. The third-order valence-corrected chi connectivity index (χ3v) is 4.99. The molecule has 3 rings (SSSR count). The molecule has 0 spiro atoms. The molecular formula is C18H15NO4S2. The first-order valence-electron chi connectivity index (χ1n) is 7.68. The Hall–Kier alpha value is -2.38. The van der Waals surface area contributed by atoms with Gasteiger partial charge in [-0.05, 0) is 30.7 Å². The van der Waals surface area contributed by atoms with Crippen LogP contribution < -0.4 is 0 Å². The van der Waals surface area contributed by atoms with E-state index in [-0.39, 0.29) is 11.5 Å². The quantitative estimate of drug-likeness (QED) is 0.624. The molecule has 0 saturated carbocycles. The highest BCUT2D eigenvalue weighted by Crippen LogP contribution is 2.33. The van der Waals surface area contributed by atoms with E-state index >= 15 is 0 Å². The topological polar surface area (TPSA) is 70.8 Å². The summed E-state index contributed by atoms with van der Waals surface area (Å²) in [5, 5.41) is 9.08. The number of amides is 1. The Morgan fingerprint density at radius 1 is 1.36 bits per heavy atom. The van der Waals surface area contributed by atoms with Gasteiger partial charge in [-0.15, -0.1) is 0 Å². The number of carbonyl (C=O) groups excluding carboxylic acids is 1. The zero-order valence-corrected chi connectivity index (χ0v) is 15.0. The summed E-state index contributed by atoms with van der Waals surface area (Å²) in [6.07, 6.45) is 2.50. The van der Waals surface area contributed by atoms with Crippen LogP contribution in [0.1, 0.15) is 29.5 Å². The average Bonchev–Trinajstić information content (AvgIpc) is 3.16. The highest BCUT2D eigenvalue weighted by molar-refractivity contribution is 8.26. The highest BCUT2D eigenvalue weighted by Gasteiger charge is 2.31. The lowest BCUT2D eigenvalue weighted by atomic mass is 10.1. The van der Waals surface area contributed by atoms with E-state index < -0.39 is 5.97 Å². The molecule has 0 radical (unpaired) electrons. The van der Waals surface area contributed by atoms with Crippen molar-refractivity contribution in [3.8, 4) is 11.3 Å². The van der Waals surface area contributed by atoms with E-state index in [4.69, 9.17) is 21.7 Å². The van der Waals surface area contributed by atoms with Crippen molar-refractivity contribution in [1.29, 1.82) is 0 Å². The van der Waals surface area contributed by atoms with Gasteiger partial charge < -0.3 is 9.52 Å². The van der Waals surface area contributed by atoms with Crippen molar-refractivity contribution in [2.24, 2.45) is 0 Å². The van der Waals surface area contributed by atoms with Crippen LogP contribution in [0, 0.1) is 0 Å². The Labute approximate surface area is 154 Å². The van der Waals surface area contributed by atoms with E-state index in [0.29, 0.717) is 32.9 Å². The molecule has 2 aromatic rings. The summed E-state index contributed by atoms with van der Waals surface area (Å²) in [7, 11) is 0. The van der Waals surface area contributed by atoms with Gasteiger partial charge in [0, 0.05) is 18.2 Å². The van der Waals surface area contributed by atoms with Gasteiger partial charge in [-0.2, -0.15) is 0 Å². The minimum atomic E-state index is -0.992. The molecule has 5 nitrogen and oxygen atoms in total. The van der Waals surface area contributed by atoms with Crippen LogP contribution in [-0.4, -0.2) is 32.7 Å². The second kappa shape index (κ2) is 7.25. The van der Waals surface area contributed by atoms with E-state index in [9.17, 15) is 9.59 Å². The first-order valence-corrected chi connectivity index (χ1v) is 8.91. The number of carbonyl (C=O) groups is 2. The van der Waals surface area contributed by atoms with Crippen molar-refractivity contribution in [1.82, 2.24) is 4.90 Å². The van der Waals surface area contributed by atoms with Crippen LogP contribution in [0.15, 0.2) is 45.7 Å². The minimum Gasteiger partial charge on any atom is -0.478 e. The summed E-state index contributed by atoms with van der Waals surface area (Å²) < 4.78 is 6.30.